The lowest BCUT2D eigenvalue weighted by atomic mass is 9.81. The van der Waals surface area contributed by atoms with Gasteiger partial charge in [0.15, 0.2) is 6.29 Å². The van der Waals surface area contributed by atoms with Crippen LogP contribution in [-0.4, -0.2) is 25.7 Å². The van der Waals surface area contributed by atoms with Gasteiger partial charge in [0.2, 0.25) is 5.91 Å². The summed E-state index contributed by atoms with van der Waals surface area (Å²) in [5.41, 5.74) is 6.97. The number of benzene rings is 1. The van der Waals surface area contributed by atoms with Gasteiger partial charge in [-0.25, -0.2) is 0 Å². The molecule has 5 heteroatoms. The number of amides is 1. The average molecular weight is 292 g/mol. The van der Waals surface area contributed by atoms with Gasteiger partial charge in [-0.15, -0.1) is 0 Å². The number of carbonyl (C=O) groups is 1. The molecule has 1 saturated heterocycles. The first kappa shape index (κ1) is 15.9. The molecular weight excluding hydrogens is 268 g/mol. The van der Waals surface area contributed by atoms with Gasteiger partial charge in [0.25, 0.3) is 0 Å². The number of anilines is 1. The molecule has 3 N–H and O–H groups in total. The summed E-state index contributed by atoms with van der Waals surface area (Å²) >= 11 is 0. The Balaban J connectivity index is 2.12. The first-order valence-corrected chi connectivity index (χ1v) is 7.50. The SMILES string of the molecule is CCC(CC)(CN)C(=O)Nc1cccc(C2OCCO2)c1. The third-order valence-electron chi connectivity index (χ3n) is 4.26. The van der Waals surface area contributed by atoms with Crippen molar-refractivity contribution in [3.05, 3.63) is 29.8 Å². The van der Waals surface area contributed by atoms with Crippen LogP contribution in [0.15, 0.2) is 24.3 Å². The van der Waals surface area contributed by atoms with Crippen molar-refractivity contribution in [2.45, 2.75) is 33.0 Å². The number of nitrogens with two attached hydrogens (primary N) is 1. The fourth-order valence-electron chi connectivity index (χ4n) is 2.53. The third-order valence-corrected chi connectivity index (χ3v) is 4.26. The highest BCUT2D eigenvalue weighted by Gasteiger charge is 2.33. The summed E-state index contributed by atoms with van der Waals surface area (Å²) in [6, 6.07) is 7.57. The summed E-state index contributed by atoms with van der Waals surface area (Å²) in [5.74, 6) is -0.0274. The van der Waals surface area contributed by atoms with Crippen LogP contribution in [0.2, 0.25) is 0 Å². The molecule has 0 spiro atoms. The lowest BCUT2D eigenvalue weighted by Crippen LogP contribution is -2.41. The summed E-state index contributed by atoms with van der Waals surface area (Å²) in [4.78, 5) is 12.5. The minimum absolute atomic E-state index is 0.0274. The van der Waals surface area contributed by atoms with Crippen LogP contribution in [0, 0.1) is 5.41 Å². The Morgan fingerprint density at radius 2 is 2.00 bits per heavy atom. The molecule has 5 nitrogen and oxygen atoms in total. The van der Waals surface area contributed by atoms with Crippen molar-refractivity contribution in [1.29, 1.82) is 0 Å². The Bertz CT molecular complexity index is 472. The van der Waals surface area contributed by atoms with Gasteiger partial charge in [0, 0.05) is 17.8 Å². The maximum absolute atomic E-state index is 12.5. The van der Waals surface area contributed by atoms with E-state index in [0.29, 0.717) is 19.8 Å². The summed E-state index contributed by atoms with van der Waals surface area (Å²) in [7, 11) is 0. The quantitative estimate of drug-likeness (QED) is 0.844. The van der Waals surface area contributed by atoms with Crippen molar-refractivity contribution in [2.75, 3.05) is 25.1 Å². The molecule has 0 aromatic heterocycles. The molecule has 0 saturated carbocycles. The molecule has 0 unspecified atom stereocenters. The van der Waals surface area contributed by atoms with Crippen LogP contribution in [-0.2, 0) is 14.3 Å². The largest absolute Gasteiger partial charge is 0.346 e. The van der Waals surface area contributed by atoms with E-state index in [9.17, 15) is 4.79 Å². The van der Waals surface area contributed by atoms with Crippen LogP contribution in [0.5, 0.6) is 0 Å². The Morgan fingerprint density at radius 3 is 2.57 bits per heavy atom. The van der Waals surface area contributed by atoms with Crippen molar-refractivity contribution < 1.29 is 14.3 Å². The monoisotopic (exact) mass is 292 g/mol. The molecule has 1 aromatic rings. The second kappa shape index (κ2) is 7.02. The van der Waals surface area contributed by atoms with E-state index in [1.54, 1.807) is 0 Å². The summed E-state index contributed by atoms with van der Waals surface area (Å²) in [5, 5.41) is 2.97. The van der Waals surface area contributed by atoms with Crippen LogP contribution in [0.25, 0.3) is 0 Å². The van der Waals surface area contributed by atoms with Gasteiger partial charge in [0.05, 0.1) is 18.6 Å². The Hall–Kier alpha value is -1.43. The zero-order valence-electron chi connectivity index (χ0n) is 12.7. The molecule has 0 bridgehead atoms. The molecule has 1 aliphatic heterocycles. The lowest BCUT2D eigenvalue weighted by Gasteiger charge is -2.28. The van der Waals surface area contributed by atoms with E-state index in [4.69, 9.17) is 15.2 Å². The van der Waals surface area contributed by atoms with Gasteiger partial charge >= 0.3 is 0 Å². The molecule has 21 heavy (non-hydrogen) atoms. The first-order valence-electron chi connectivity index (χ1n) is 7.50. The number of rotatable bonds is 6. The van der Waals surface area contributed by atoms with E-state index in [1.807, 2.05) is 38.1 Å². The average Bonchev–Trinajstić information content (AvgIpc) is 3.04. The first-order chi connectivity index (χ1) is 10.1. The molecule has 1 aromatic carbocycles. The van der Waals surface area contributed by atoms with Crippen LogP contribution in [0.4, 0.5) is 5.69 Å². The second-order valence-electron chi connectivity index (χ2n) is 5.34. The fraction of sp³-hybridized carbons (Fsp3) is 0.562. The normalized spacial score (nSPS) is 16.1. The number of carbonyl (C=O) groups excluding carboxylic acids is 1. The second-order valence-corrected chi connectivity index (χ2v) is 5.34. The van der Waals surface area contributed by atoms with Crippen molar-refractivity contribution in [2.24, 2.45) is 11.1 Å². The van der Waals surface area contributed by atoms with Crippen LogP contribution >= 0.6 is 0 Å². The van der Waals surface area contributed by atoms with Crippen molar-refractivity contribution in [3.63, 3.8) is 0 Å². The topological polar surface area (TPSA) is 73.6 Å². The summed E-state index contributed by atoms with van der Waals surface area (Å²) in [6.45, 7) is 5.53. The molecule has 1 amide bonds. The summed E-state index contributed by atoms with van der Waals surface area (Å²) < 4.78 is 10.9. The number of ether oxygens (including phenoxy) is 2. The van der Waals surface area contributed by atoms with E-state index in [-0.39, 0.29) is 12.2 Å². The third kappa shape index (κ3) is 3.43. The molecule has 1 heterocycles. The van der Waals surface area contributed by atoms with Gasteiger partial charge in [-0.3, -0.25) is 4.79 Å². The molecule has 1 aliphatic rings. The fourth-order valence-corrected chi connectivity index (χ4v) is 2.53. The molecule has 116 valence electrons. The molecule has 1 fully saturated rings. The minimum Gasteiger partial charge on any atom is -0.346 e. The molecular formula is C16H24N2O3. The number of hydrogen-bond donors (Lipinski definition) is 2. The molecule has 0 radical (unpaired) electrons. The number of nitrogens with one attached hydrogen (secondary N) is 1. The maximum atomic E-state index is 12.5. The molecule has 0 aliphatic carbocycles. The highest BCUT2D eigenvalue weighted by atomic mass is 16.7. The van der Waals surface area contributed by atoms with Crippen molar-refractivity contribution in [3.8, 4) is 0 Å². The van der Waals surface area contributed by atoms with E-state index >= 15 is 0 Å². The van der Waals surface area contributed by atoms with E-state index in [0.717, 1.165) is 24.1 Å². The Labute approximate surface area is 125 Å². The maximum Gasteiger partial charge on any atom is 0.231 e. The predicted octanol–water partition coefficient (Wildman–Crippen LogP) is 2.44. The number of hydrogen-bond acceptors (Lipinski definition) is 4. The van der Waals surface area contributed by atoms with Gasteiger partial charge < -0.3 is 20.5 Å². The van der Waals surface area contributed by atoms with Crippen LogP contribution < -0.4 is 11.1 Å². The lowest BCUT2D eigenvalue weighted by molar-refractivity contribution is -0.125. The van der Waals surface area contributed by atoms with E-state index in [2.05, 4.69) is 5.32 Å². The standard InChI is InChI=1S/C16H24N2O3/c1-3-16(4-2,11-17)15(19)18-13-7-5-6-12(10-13)14-20-8-9-21-14/h5-7,10,14H,3-4,8-9,11,17H2,1-2H3,(H,18,19). The highest BCUT2D eigenvalue weighted by Crippen LogP contribution is 2.29. The summed E-state index contributed by atoms with van der Waals surface area (Å²) in [6.07, 6.45) is 1.11. The Kier molecular flexibility index (Phi) is 5.33. The predicted molar refractivity (Wildman–Crippen MR) is 81.8 cm³/mol. The molecule has 0 atom stereocenters. The van der Waals surface area contributed by atoms with E-state index in [1.165, 1.54) is 0 Å². The van der Waals surface area contributed by atoms with Gasteiger partial charge in [-0.2, -0.15) is 0 Å². The van der Waals surface area contributed by atoms with Gasteiger partial charge in [-0.1, -0.05) is 26.0 Å². The minimum atomic E-state index is -0.504. The van der Waals surface area contributed by atoms with Crippen molar-refractivity contribution in [1.82, 2.24) is 0 Å². The highest BCUT2D eigenvalue weighted by molar-refractivity contribution is 5.95. The zero-order valence-corrected chi connectivity index (χ0v) is 12.7. The van der Waals surface area contributed by atoms with E-state index < -0.39 is 5.41 Å². The smallest absolute Gasteiger partial charge is 0.231 e. The van der Waals surface area contributed by atoms with Gasteiger partial charge in [-0.05, 0) is 25.0 Å². The van der Waals surface area contributed by atoms with Gasteiger partial charge in [0.1, 0.15) is 0 Å². The van der Waals surface area contributed by atoms with Crippen molar-refractivity contribution >= 4 is 11.6 Å². The molecule has 2 rings (SSSR count). The Morgan fingerprint density at radius 1 is 1.33 bits per heavy atom. The van der Waals surface area contributed by atoms with Crippen LogP contribution in [0.3, 0.4) is 0 Å². The van der Waals surface area contributed by atoms with Crippen LogP contribution in [0.1, 0.15) is 38.5 Å². The zero-order chi connectivity index (χ0) is 15.3.